The second-order valence-electron chi connectivity index (χ2n) is 7.98. The Kier molecular flexibility index (Phi) is 6.13. The maximum atomic E-state index is 13.2. The molecule has 1 saturated carbocycles. The number of nitro benzene ring substituents is 1. The quantitative estimate of drug-likeness (QED) is 0.526. The fourth-order valence-electron chi connectivity index (χ4n) is 4.31. The van der Waals surface area contributed by atoms with Gasteiger partial charge in [0, 0.05) is 28.6 Å². The van der Waals surface area contributed by atoms with Crippen molar-refractivity contribution in [3.63, 3.8) is 0 Å². The standard InChI is InChI=1S/C22H25N3O4S/c26-20(14-10-12-16(13-11-14)25(28)29)24-22-19(17-8-4-5-9-18(17)30-22)21(27)23-15-6-2-1-3-7-15/h10-13,15H,1-9H2,(H,23,27)(H,24,26). The molecule has 1 aromatic carbocycles. The molecule has 0 unspecified atom stereocenters. The van der Waals surface area contributed by atoms with Crippen LogP contribution < -0.4 is 10.6 Å². The number of carbonyl (C=O) groups excluding carboxylic acids is 2. The number of nitrogens with zero attached hydrogens (tertiary/aromatic N) is 1. The molecule has 0 radical (unpaired) electrons. The van der Waals surface area contributed by atoms with Crippen LogP contribution in [-0.2, 0) is 12.8 Å². The van der Waals surface area contributed by atoms with Crippen molar-refractivity contribution >= 4 is 33.8 Å². The van der Waals surface area contributed by atoms with Gasteiger partial charge in [0.15, 0.2) is 0 Å². The fourth-order valence-corrected chi connectivity index (χ4v) is 5.59. The predicted octanol–water partition coefficient (Wildman–Crippen LogP) is 4.85. The molecule has 0 saturated heterocycles. The topological polar surface area (TPSA) is 101 Å². The molecule has 0 atom stereocenters. The number of carbonyl (C=O) groups is 2. The van der Waals surface area contributed by atoms with Gasteiger partial charge in [-0.15, -0.1) is 11.3 Å². The van der Waals surface area contributed by atoms with Gasteiger partial charge in [-0.1, -0.05) is 19.3 Å². The van der Waals surface area contributed by atoms with Gasteiger partial charge in [0.2, 0.25) is 0 Å². The molecule has 2 aliphatic carbocycles. The van der Waals surface area contributed by atoms with Gasteiger partial charge in [0.05, 0.1) is 10.5 Å². The van der Waals surface area contributed by atoms with Gasteiger partial charge in [-0.05, 0) is 56.2 Å². The van der Waals surface area contributed by atoms with Crippen molar-refractivity contribution in [1.29, 1.82) is 0 Å². The molecule has 2 amide bonds. The third-order valence-electron chi connectivity index (χ3n) is 5.91. The molecule has 8 heteroatoms. The van der Waals surface area contributed by atoms with Gasteiger partial charge < -0.3 is 10.6 Å². The lowest BCUT2D eigenvalue weighted by atomic mass is 9.93. The SMILES string of the molecule is O=C(Nc1sc2c(c1C(=O)NC1CCCCC1)CCCC2)c1ccc([N+](=O)[O-])cc1. The van der Waals surface area contributed by atoms with Gasteiger partial charge in [-0.3, -0.25) is 19.7 Å². The number of amides is 2. The molecule has 30 heavy (non-hydrogen) atoms. The van der Waals surface area contributed by atoms with Crippen LogP contribution in [-0.4, -0.2) is 22.8 Å². The summed E-state index contributed by atoms with van der Waals surface area (Å²) >= 11 is 1.48. The Hall–Kier alpha value is -2.74. The second-order valence-corrected chi connectivity index (χ2v) is 9.09. The smallest absolute Gasteiger partial charge is 0.269 e. The maximum absolute atomic E-state index is 13.2. The van der Waals surface area contributed by atoms with Crippen molar-refractivity contribution < 1.29 is 14.5 Å². The van der Waals surface area contributed by atoms with Crippen molar-refractivity contribution in [3.8, 4) is 0 Å². The average molecular weight is 428 g/mol. The Morgan fingerprint density at radius 2 is 1.67 bits per heavy atom. The van der Waals surface area contributed by atoms with Crippen molar-refractivity contribution in [2.24, 2.45) is 0 Å². The van der Waals surface area contributed by atoms with Crippen LogP contribution in [0, 0.1) is 10.1 Å². The number of benzene rings is 1. The summed E-state index contributed by atoms with van der Waals surface area (Å²) in [7, 11) is 0. The number of nitro groups is 1. The van der Waals surface area contributed by atoms with E-state index >= 15 is 0 Å². The second kappa shape index (κ2) is 8.95. The minimum absolute atomic E-state index is 0.0642. The molecule has 2 aromatic rings. The van der Waals surface area contributed by atoms with E-state index in [2.05, 4.69) is 10.6 Å². The zero-order valence-electron chi connectivity index (χ0n) is 16.7. The van der Waals surface area contributed by atoms with Crippen molar-refractivity contribution in [1.82, 2.24) is 5.32 Å². The lowest BCUT2D eigenvalue weighted by Crippen LogP contribution is -2.37. The number of hydrogen-bond donors (Lipinski definition) is 2. The highest BCUT2D eigenvalue weighted by Crippen LogP contribution is 2.38. The van der Waals surface area contributed by atoms with Crippen LogP contribution in [0.25, 0.3) is 0 Å². The zero-order chi connectivity index (χ0) is 21.1. The van der Waals surface area contributed by atoms with Crippen LogP contribution in [0.4, 0.5) is 10.7 Å². The van der Waals surface area contributed by atoms with E-state index < -0.39 is 4.92 Å². The molecule has 2 aliphatic rings. The van der Waals surface area contributed by atoms with Gasteiger partial charge >= 0.3 is 0 Å². The van der Waals surface area contributed by atoms with E-state index in [1.54, 1.807) is 0 Å². The number of nitrogens with one attached hydrogen (secondary N) is 2. The molecule has 0 spiro atoms. The third-order valence-corrected chi connectivity index (χ3v) is 7.11. The molecular formula is C22H25N3O4S. The Labute approximate surface area is 179 Å². The minimum atomic E-state index is -0.497. The number of non-ortho nitro benzene ring substituents is 1. The van der Waals surface area contributed by atoms with Gasteiger partial charge in [-0.25, -0.2) is 0 Å². The number of fused-ring (bicyclic) bond motifs is 1. The summed E-state index contributed by atoms with van der Waals surface area (Å²) in [6.07, 6.45) is 9.41. The Balaban J connectivity index is 1.57. The lowest BCUT2D eigenvalue weighted by Gasteiger charge is -2.23. The van der Waals surface area contributed by atoms with Crippen LogP contribution in [0.2, 0.25) is 0 Å². The van der Waals surface area contributed by atoms with Gasteiger partial charge in [0.25, 0.3) is 17.5 Å². The van der Waals surface area contributed by atoms with Crippen LogP contribution in [0.3, 0.4) is 0 Å². The molecule has 2 N–H and O–H groups in total. The molecule has 0 aliphatic heterocycles. The fraction of sp³-hybridized carbons (Fsp3) is 0.455. The first-order valence-corrected chi connectivity index (χ1v) is 11.4. The Bertz CT molecular complexity index is 962. The van der Waals surface area contributed by atoms with Crippen LogP contribution in [0.5, 0.6) is 0 Å². The van der Waals surface area contributed by atoms with E-state index in [1.807, 2.05) is 0 Å². The van der Waals surface area contributed by atoms with Crippen molar-refractivity contribution in [3.05, 3.63) is 55.9 Å². The summed E-state index contributed by atoms with van der Waals surface area (Å²) in [4.78, 5) is 37.4. The van der Waals surface area contributed by atoms with Gasteiger partial charge in [-0.2, -0.15) is 0 Å². The first kappa shape index (κ1) is 20.5. The largest absolute Gasteiger partial charge is 0.349 e. The highest BCUT2D eigenvalue weighted by atomic mass is 32.1. The van der Waals surface area contributed by atoms with Crippen LogP contribution >= 0.6 is 11.3 Å². The summed E-state index contributed by atoms with van der Waals surface area (Å²) in [5.74, 6) is -0.462. The average Bonchev–Trinajstić information content (AvgIpc) is 3.12. The molecule has 1 heterocycles. The van der Waals surface area contributed by atoms with Crippen LogP contribution in [0.15, 0.2) is 24.3 Å². The predicted molar refractivity (Wildman–Crippen MR) is 116 cm³/mol. The number of thiophene rings is 1. The van der Waals surface area contributed by atoms with E-state index in [0.29, 0.717) is 16.1 Å². The number of anilines is 1. The molecule has 158 valence electrons. The Morgan fingerprint density at radius 1 is 0.967 bits per heavy atom. The lowest BCUT2D eigenvalue weighted by molar-refractivity contribution is -0.384. The summed E-state index contributed by atoms with van der Waals surface area (Å²) in [5, 5.41) is 17.5. The third kappa shape index (κ3) is 4.38. The molecule has 1 fully saturated rings. The molecule has 7 nitrogen and oxygen atoms in total. The van der Waals surface area contributed by atoms with E-state index in [4.69, 9.17) is 0 Å². The van der Waals surface area contributed by atoms with E-state index in [9.17, 15) is 19.7 Å². The summed E-state index contributed by atoms with van der Waals surface area (Å²) < 4.78 is 0. The first-order chi connectivity index (χ1) is 14.5. The summed E-state index contributed by atoms with van der Waals surface area (Å²) in [6, 6.07) is 5.69. The normalized spacial score (nSPS) is 16.5. The highest BCUT2D eigenvalue weighted by Gasteiger charge is 2.28. The monoisotopic (exact) mass is 427 g/mol. The highest BCUT2D eigenvalue weighted by molar-refractivity contribution is 7.17. The molecular weight excluding hydrogens is 402 g/mol. The van der Waals surface area contributed by atoms with Crippen molar-refractivity contribution in [2.45, 2.75) is 63.8 Å². The van der Waals surface area contributed by atoms with E-state index in [-0.39, 0.29) is 23.5 Å². The maximum Gasteiger partial charge on any atom is 0.269 e. The number of aryl methyl sites for hydroxylation is 1. The Morgan fingerprint density at radius 3 is 2.37 bits per heavy atom. The molecule has 0 bridgehead atoms. The van der Waals surface area contributed by atoms with Crippen molar-refractivity contribution in [2.75, 3.05) is 5.32 Å². The zero-order valence-corrected chi connectivity index (χ0v) is 17.6. The number of hydrogen-bond acceptors (Lipinski definition) is 5. The van der Waals surface area contributed by atoms with E-state index in [1.165, 1.54) is 46.9 Å². The number of rotatable bonds is 5. The molecule has 4 rings (SSSR count). The van der Waals surface area contributed by atoms with E-state index in [0.717, 1.165) is 56.9 Å². The van der Waals surface area contributed by atoms with Gasteiger partial charge in [0.1, 0.15) is 5.00 Å². The minimum Gasteiger partial charge on any atom is -0.349 e. The van der Waals surface area contributed by atoms with Crippen LogP contribution in [0.1, 0.15) is 76.1 Å². The first-order valence-electron chi connectivity index (χ1n) is 10.5. The summed E-state index contributed by atoms with van der Waals surface area (Å²) in [5.41, 5.74) is 1.94. The summed E-state index contributed by atoms with van der Waals surface area (Å²) in [6.45, 7) is 0. The molecule has 1 aromatic heterocycles.